The standard InChI is InChI=1S/C13H17N3/c14-13-15-11-7-3-4-8-12(11)16(13)9-10-5-1-2-6-10/h3-4,7-8,10H,1-2,5-6,9H2,(H2,14,15). The van der Waals surface area contributed by atoms with Crippen LogP contribution in [0.3, 0.4) is 0 Å². The lowest BCUT2D eigenvalue weighted by Gasteiger charge is -2.12. The molecule has 84 valence electrons. The Balaban J connectivity index is 1.98. The molecule has 0 radical (unpaired) electrons. The van der Waals surface area contributed by atoms with E-state index in [2.05, 4.69) is 21.7 Å². The highest BCUT2D eigenvalue weighted by atomic mass is 15.2. The van der Waals surface area contributed by atoms with Crippen molar-refractivity contribution in [2.45, 2.75) is 32.2 Å². The Bertz CT molecular complexity index is 495. The lowest BCUT2D eigenvalue weighted by atomic mass is 10.1. The molecule has 3 heteroatoms. The van der Waals surface area contributed by atoms with Gasteiger partial charge in [0, 0.05) is 6.54 Å². The Hall–Kier alpha value is -1.51. The zero-order valence-corrected chi connectivity index (χ0v) is 9.39. The summed E-state index contributed by atoms with van der Waals surface area (Å²) in [6, 6.07) is 8.19. The number of rotatable bonds is 2. The summed E-state index contributed by atoms with van der Waals surface area (Å²) in [5.41, 5.74) is 8.17. The van der Waals surface area contributed by atoms with E-state index in [1.54, 1.807) is 0 Å². The quantitative estimate of drug-likeness (QED) is 0.837. The van der Waals surface area contributed by atoms with E-state index in [0.29, 0.717) is 5.95 Å². The number of para-hydroxylation sites is 2. The number of nitrogens with zero attached hydrogens (tertiary/aromatic N) is 2. The fourth-order valence-corrected chi connectivity index (χ4v) is 2.74. The van der Waals surface area contributed by atoms with E-state index in [1.165, 1.54) is 31.2 Å². The highest BCUT2D eigenvalue weighted by molar-refractivity contribution is 5.78. The molecule has 1 aromatic carbocycles. The van der Waals surface area contributed by atoms with Crippen molar-refractivity contribution in [2.24, 2.45) is 5.92 Å². The third kappa shape index (κ3) is 1.56. The molecule has 1 aliphatic rings. The van der Waals surface area contributed by atoms with Crippen LogP contribution in [0.4, 0.5) is 5.95 Å². The third-order valence-corrected chi connectivity index (χ3v) is 3.60. The van der Waals surface area contributed by atoms with Crippen LogP contribution in [0, 0.1) is 5.92 Å². The van der Waals surface area contributed by atoms with Crippen LogP contribution in [0.15, 0.2) is 24.3 Å². The summed E-state index contributed by atoms with van der Waals surface area (Å²) in [5, 5.41) is 0. The summed E-state index contributed by atoms with van der Waals surface area (Å²) in [7, 11) is 0. The first kappa shape index (κ1) is 9.70. The van der Waals surface area contributed by atoms with E-state index in [0.717, 1.165) is 18.0 Å². The maximum atomic E-state index is 5.98. The van der Waals surface area contributed by atoms with Crippen molar-refractivity contribution in [3.05, 3.63) is 24.3 Å². The number of fused-ring (bicyclic) bond motifs is 1. The zero-order valence-electron chi connectivity index (χ0n) is 9.39. The summed E-state index contributed by atoms with van der Waals surface area (Å²) in [5.74, 6) is 1.45. The van der Waals surface area contributed by atoms with Gasteiger partial charge in [-0.2, -0.15) is 0 Å². The van der Waals surface area contributed by atoms with Crippen LogP contribution >= 0.6 is 0 Å². The fraction of sp³-hybridized carbons (Fsp3) is 0.462. The van der Waals surface area contributed by atoms with Gasteiger partial charge in [-0.1, -0.05) is 25.0 Å². The fourth-order valence-electron chi connectivity index (χ4n) is 2.74. The monoisotopic (exact) mass is 215 g/mol. The molecule has 0 spiro atoms. The third-order valence-electron chi connectivity index (χ3n) is 3.60. The van der Waals surface area contributed by atoms with Gasteiger partial charge < -0.3 is 10.3 Å². The molecule has 0 aliphatic heterocycles. The van der Waals surface area contributed by atoms with Crippen LogP contribution in [-0.2, 0) is 6.54 Å². The van der Waals surface area contributed by atoms with Gasteiger partial charge in [-0.15, -0.1) is 0 Å². The molecule has 2 aromatic rings. The van der Waals surface area contributed by atoms with Crippen LogP contribution in [0.1, 0.15) is 25.7 Å². The lowest BCUT2D eigenvalue weighted by molar-refractivity contribution is 0.468. The van der Waals surface area contributed by atoms with Gasteiger partial charge in [-0.25, -0.2) is 4.98 Å². The lowest BCUT2D eigenvalue weighted by Crippen LogP contribution is -2.10. The van der Waals surface area contributed by atoms with Gasteiger partial charge in [-0.05, 0) is 30.9 Å². The molecule has 0 unspecified atom stereocenters. The van der Waals surface area contributed by atoms with Crippen LogP contribution < -0.4 is 5.73 Å². The normalized spacial score (nSPS) is 17.2. The van der Waals surface area contributed by atoms with Crippen LogP contribution in [0.5, 0.6) is 0 Å². The second kappa shape index (κ2) is 3.81. The maximum Gasteiger partial charge on any atom is 0.201 e. The van der Waals surface area contributed by atoms with Crippen molar-refractivity contribution < 1.29 is 0 Å². The van der Waals surface area contributed by atoms with Crippen molar-refractivity contribution in [3.63, 3.8) is 0 Å². The van der Waals surface area contributed by atoms with E-state index in [4.69, 9.17) is 5.73 Å². The number of hydrogen-bond donors (Lipinski definition) is 1. The molecule has 3 nitrogen and oxygen atoms in total. The van der Waals surface area contributed by atoms with Gasteiger partial charge in [0.1, 0.15) is 0 Å². The molecule has 1 aliphatic carbocycles. The van der Waals surface area contributed by atoms with Crippen molar-refractivity contribution in [1.29, 1.82) is 0 Å². The van der Waals surface area contributed by atoms with Gasteiger partial charge >= 0.3 is 0 Å². The largest absolute Gasteiger partial charge is 0.369 e. The Labute approximate surface area is 95.3 Å². The summed E-state index contributed by atoms with van der Waals surface area (Å²) in [6.07, 6.45) is 5.42. The molecule has 0 saturated heterocycles. The molecule has 0 atom stereocenters. The number of nitrogens with two attached hydrogens (primary N) is 1. The van der Waals surface area contributed by atoms with Crippen LogP contribution in [-0.4, -0.2) is 9.55 Å². The average molecular weight is 215 g/mol. The van der Waals surface area contributed by atoms with E-state index in [1.807, 2.05) is 12.1 Å². The summed E-state index contributed by atoms with van der Waals surface area (Å²) in [6.45, 7) is 1.03. The Morgan fingerprint density at radius 2 is 2.00 bits per heavy atom. The molecule has 3 rings (SSSR count). The molecule has 2 N–H and O–H groups in total. The Kier molecular flexibility index (Phi) is 2.31. The topological polar surface area (TPSA) is 43.8 Å². The number of aromatic nitrogens is 2. The Morgan fingerprint density at radius 3 is 2.81 bits per heavy atom. The minimum absolute atomic E-state index is 0.660. The van der Waals surface area contributed by atoms with Gasteiger partial charge in [0.15, 0.2) is 0 Å². The summed E-state index contributed by atoms with van der Waals surface area (Å²) < 4.78 is 2.17. The Morgan fingerprint density at radius 1 is 1.25 bits per heavy atom. The minimum atomic E-state index is 0.660. The highest BCUT2D eigenvalue weighted by Gasteiger charge is 2.17. The molecule has 0 bridgehead atoms. The minimum Gasteiger partial charge on any atom is -0.369 e. The molecule has 1 saturated carbocycles. The van der Waals surface area contributed by atoms with Gasteiger partial charge in [0.2, 0.25) is 5.95 Å². The SMILES string of the molecule is Nc1nc2ccccc2n1CC1CCCC1. The van der Waals surface area contributed by atoms with Gasteiger partial charge in [-0.3, -0.25) is 0 Å². The molecular formula is C13H17N3. The number of imidazole rings is 1. The molecule has 16 heavy (non-hydrogen) atoms. The summed E-state index contributed by atoms with van der Waals surface area (Å²) in [4.78, 5) is 4.40. The van der Waals surface area contributed by atoms with E-state index in [-0.39, 0.29) is 0 Å². The van der Waals surface area contributed by atoms with Crippen LogP contribution in [0.2, 0.25) is 0 Å². The number of hydrogen-bond acceptors (Lipinski definition) is 2. The number of nitrogen functional groups attached to an aromatic ring is 1. The van der Waals surface area contributed by atoms with E-state index >= 15 is 0 Å². The molecular weight excluding hydrogens is 198 g/mol. The second-order valence-electron chi connectivity index (χ2n) is 4.72. The van der Waals surface area contributed by atoms with Crippen molar-refractivity contribution in [2.75, 3.05) is 5.73 Å². The number of anilines is 1. The second-order valence-corrected chi connectivity index (χ2v) is 4.72. The molecule has 1 aromatic heterocycles. The van der Waals surface area contributed by atoms with E-state index in [9.17, 15) is 0 Å². The molecule has 0 amide bonds. The first-order chi connectivity index (χ1) is 7.84. The molecule has 1 heterocycles. The van der Waals surface area contributed by atoms with Crippen molar-refractivity contribution >= 4 is 17.0 Å². The zero-order chi connectivity index (χ0) is 11.0. The van der Waals surface area contributed by atoms with Crippen molar-refractivity contribution in [3.8, 4) is 0 Å². The highest BCUT2D eigenvalue weighted by Crippen LogP contribution is 2.28. The first-order valence-electron chi connectivity index (χ1n) is 6.05. The van der Waals surface area contributed by atoms with Gasteiger partial charge in [0.25, 0.3) is 0 Å². The van der Waals surface area contributed by atoms with E-state index < -0.39 is 0 Å². The predicted octanol–water partition coefficient (Wildman–Crippen LogP) is 2.81. The number of benzene rings is 1. The molecule has 1 fully saturated rings. The smallest absolute Gasteiger partial charge is 0.201 e. The van der Waals surface area contributed by atoms with Gasteiger partial charge in [0.05, 0.1) is 11.0 Å². The summed E-state index contributed by atoms with van der Waals surface area (Å²) >= 11 is 0. The van der Waals surface area contributed by atoms with Crippen molar-refractivity contribution in [1.82, 2.24) is 9.55 Å². The average Bonchev–Trinajstić information content (AvgIpc) is 2.89. The first-order valence-corrected chi connectivity index (χ1v) is 6.05. The predicted molar refractivity (Wildman–Crippen MR) is 66.1 cm³/mol. The van der Waals surface area contributed by atoms with Crippen LogP contribution in [0.25, 0.3) is 11.0 Å². The maximum absolute atomic E-state index is 5.98.